The fourth-order valence-corrected chi connectivity index (χ4v) is 3.44. The molecule has 0 spiro atoms. The van der Waals surface area contributed by atoms with E-state index in [9.17, 15) is 13.2 Å². The van der Waals surface area contributed by atoms with Crippen LogP contribution in [0.4, 0.5) is 5.69 Å². The van der Waals surface area contributed by atoms with Crippen molar-refractivity contribution in [3.05, 3.63) is 53.1 Å². The number of anilines is 1. The Morgan fingerprint density at radius 1 is 1.07 bits per heavy atom. The van der Waals surface area contributed by atoms with E-state index in [2.05, 4.69) is 5.32 Å². The SMILES string of the molecule is Cc1ccc(OC(C)C(=O)Nc2cc(S(=O)(=O)N(C)C)cc(C)c2C)cc1. The van der Waals surface area contributed by atoms with Crippen molar-refractivity contribution in [2.24, 2.45) is 0 Å². The molecule has 0 saturated heterocycles. The van der Waals surface area contributed by atoms with Gasteiger partial charge in [-0.2, -0.15) is 0 Å². The molecule has 0 radical (unpaired) electrons. The summed E-state index contributed by atoms with van der Waals surface area (Å²) < 4.78 is 31.7. The number of nitrogens with zero attached hydrogens (tertiary/aromatic N) is 1. The Balaban J connectivity index is 2.24. The average molecular weight is 391 g/mol. The Morgan fingerprint density at radius 3 is 2.22 bits per heavy atom. The van der Waals surface area contributed by atoms with Gasteiger partial charge in [-0.25, -0.2) is 12.7 Å². The lowest BCUT2D eigenvalue weighted by Gasteiger charge is -2.18. The molecule has 2 rings (SSSR count). The molecule has 0 aliphatic heterocycles. The Kier molecular flexibility index (Phi) is 6.28. The first kappa shape index (κ1) is 20.9. The first-order valence-electron chi connectivity index (χ1n) is 8.60. The molecule has 0 aliphatic rings. The van der Waals surface area contributed by atoms with Crippen LogP contribution in [0.3, 0.4) is 0 Å². The quantitative estimate of drug-likeness (QED) is 0.821. The second-order valence-electron chi connectivity index (χ2n) is 6.76. The molecule has 6 nitrogen and oxygen atoms in total. The molecule has 27 heavy (non-hydrogen) atoms. The third-order valence-electron chi connectivity index (χ3n) is 4.38. The highest BCUT2D eigenvalue weighted by atomic mass is 32.2. The molecule has 0 heterocycles. The van der Waals surface area contributed by atoms with Crippen molar-refractivity contribution >= 4 is 21.6 Å². The molecular formula is C20H26N2O4S. The van der Waals surface area contributed by atoms with Crippen LogP contribution in [0.25, 0.3) is 0 Å². The second-order valence-corrected chi connectivity index (χ2v) is 8.91. The average Bonchev–Trinajstić information content (AvgIpc) is 2.60. The highest BCUT2D eigenvalue weighted by Crippen LogP contribution is 2.26. The molecule has 146 valence electrons. The molecule has 1 N–H and O–H groups in total. The van der Waals surface area contributed by atoms with Gasteiger partial charge < -0.3 is 10.1 Å². The predicted molar refractivity (Wildman–Crippen MR) is 107 cm³/mol. The smallest absolute Gasteiger partial charge is 0.265 e. The lowest BCUT2D eigenvalue weighted by atomic mass is 10.1. The number of nitrogens with one attached hydrogen (secondary N) is 1. The summed E-state index contributed by atoms with van der Waals surface area (Å²) in [5.41, 5.74) is 3.15. The zero-order valence-corrected chi connectivity index (χ0v) is 17.3. The summed E-state index contributed by atoms with van der Waals surface area (Å²) in [4.78, 5) is 12.7. The number of amides is 1. The van der Waals surface area contributed by atoms with Crippen LogP contribution < -0.4 is 10.1 Å². The number of aryl methyl sites for hydroxylation is 2. The minimum Gasteiger partial charge on any atom is -0.481 e. The van der Waals surface area contributed by atoms with Gasteiger partial charge >= 0.3 is 0 Å². The first-order chi connectivity index (χ1) is 12.5. The highest BCUT2D eigenvalue weighted by Gasteiger charge is 2.21. The van der Waals surface area contributed by atoms with Crippen molar-refractivity contribution in [3.8, 4) is 5.75 Å². The molecule has 0 fully saturated rings. The summed E-state index contributed by atoms with van der Waals surface area (Å²) >= 11 is 0. The minimum atomic E-state index is -3.60. The second kappa shape index (κ2) is 8.10. The summed E-state index contributed by atoms with van der Waals surface area (Å²) in [6, 6.07) is 10.5. The van der Waals surface area contributed by atoms with Crippen LogP contribution in [0.15, 0.2) is 41.3 Å². The van der Waals surface area contributed by atoms with E-state index in [4.69, 9.17) is 4.74 Å². The number of sulfonamides is 1. The van der Waals surface area contributed by atoms with Gasteiger partial charge in [-0.1, -0.05) is 17.7 Å². The van der Waals surface area contributed by atoms with Crippen molar-refractivity contribution in [1.82, 2.24) is 4.31 Å². The lowest BCUT2D eigenvalue weighted by Crippen LogP contribution is -2.30. The summed E-state index contributed by atoms with van der Waals surface area (Å²) in [5.74, 6) is 0.248. The Hall–Kier alpha value is -2.38. The number of rotatable bonds is 6. The number of ether oxygens (including phenoxy) is 1. The molecule has 7 heteroatoms. The monoisotopic (exact) mass is 390 g/mol. The van der Waals surface area contributed by atoms with Crippen LogP contribution in [-0.2, 0) is 14.8 Å². The fraction of sp³-hybridized carbons (Fsp3) is 0.350. The van der Waals surface area contributed by atoms with Crippen molar-refractivity contribution < 1.29 is 17.9 Å². The zero-order chi connectivity index (χ0) is 20.4. The molecule has 1 amide bonds. The van der Waals surface area contributed by atoms with Crippen LogP contribution in [-0.4, -0.2) is 38.8 Å². The third-order valence-corrected chi connectivity index (χ3v) is 6.17. The normalized spacial score (nSPS) is 12.7. The first-order valence-corrected chi connectivity index (χ1v) is 10.0. The van der Waals surface area contributed by atoms with E-state index in [1.165, 1.54) is 20.2 Å². The van der Waals surface area contributed by atoms with Crippen molar-refractivity contribution in [2.45, 2.75) is 38.7 Å². The van der Waals surface area contributed by atoms with E-state index >= 15 is 0 Å². The number of carbonyl (C=O) groups is 1. The standard InChI is InChI=1S/C20H26N2O4S/c1-13-7-9-17(10-8-13)26-16(4)20(23)21-19-12-18(11-14(2)15(19)3)27(24,25)22(5)6/h7-12,16H,1-6H3,(H,21,23). The minimum absolute atomic E-state index is 0.137. The lowest BCUT2D eigenvalue weighted by molar-refractivity contribution is -0.122. The van der Waals surface area contributed by atoms with Gasteiger partial charge in [-0.15, -0.1) is 0 Å². The summed E-state index contributed by atoms with van der Waals surface area (Å²) in [6.07, 6.45) is -0.735. The van der Waals surface area contributed by atoms with Gasteiger partial charge in [0.15, 0.2) is 6.10 Å². The largest absolute Gasteiger partial charge is 0.481 e. The van der Waals surface area contributed by atoms with Gasteiger partial charge in [0.25, 0.3) is 5.91 Å². The Morgan fingerprint density at radius 2 is 1.67 bits per heavy atom. The van der Waals surface area contributed by atoms with Crippen LogP contribution >= 0.6 is 0 Å². The fourth-order valence-electron chi connectivity index (χ4n) is 2.42. The van der Waals surface area contributed by atoms with E-state index in [1.807, 2.05) is 32.9 Å². The third kappa shape index (κ3) is 4.87. The topological polar surface area (TPSA) is 75.7 Å². The molecule has 0 saturated carbocycles. The number of hydrogen-bond donors (Lipinski definition) is 1. The van der Waals surface area contributed by atoms with Gasteiger partial charge in [0, 0.05) is 19.8 Å². The molecule has 0 bridgehead atoms. The van der Waals surface area contributed by atoms with E-state index in [1.54, 1.807) is 25.1 Å². The Bertz CT molecular complexity index is 935. The van der Waals surface area contributed by atoms with Gasteiger partial charge in [0.1, 0.15) is 5.75 Å². The van der Waals surface area contributed by atoms with E-state index in [-0.39, 0.29) is 10.8 Å². The van der Waals surface area contributed by atoms with E-state index in [0.717, 1.165) is 21.0 Å². The van der Waals surface area contributed by atoms with Gasteiger partial charge in [0.2, 0.25) is 10.0 Å². The molecule has 0 aromatic heterocycles. The summed E-state index contributed by atoms with van der Waals surface area (Å²) in [6.45, 7) is 7.27. The zero-order valence-electron chi connectivity index (χ0n) is 16.5. The van der Waals surface area contributed by atoms with Gasteiger partial charge in [-0.3, -0.25) is 4.79 Å². The predicted octanol–water partition coefficient (Wildman–Crippen LogP) is 3.27. The number of hydrogen-bond acceptors (Lipinski definition) is 4. The van der Waals surface area contributed by atoms with Gasteiger partial charge in [-0.05, 0) is 63.1 Å². The molecule has 1 atom stereocenters. The highest BCUT2D eigenvalue weighted by molar-refractivity contribution is 7.89. The van der Waals surface area contributed by atoms with Gasteiger partial charge in [0.05, 0.1) is 4.90 Å². The summed E-state index contributed by atoms with van der Waals surface area (Å²) in [5, 5.41) is 2.79. The molecule has 2 aromatic carbocycles. The van der Waals surface area contributed by atoms with E-state index < -0.39 is 16.1 Å². The Labute approximate surface area is 161 Å². The molecule has 1 unspecified atom stereocenters. The van der Waals surface area contributed by atoms with Crippen LogP contribution in [0, 0.1) is 20.8 Å². The van der Waals surface area contributed by atoms with Crippen LogP contribution in [0.1, 0.15) is 23.6 Å². The van der Waals surface area contributed by atoms with Crippen molar-refractivity contribution in [1.29, 1.82) is 0 Å². The van der Waals surface area contributed by atoms with Crippen LogP contribution in [0.5, 0.6) is 5.75 Å². The maximum Gasteiger partial charge on any atom is 0.265 e. The molecule has 0 aliphatic carbocycles. The maximum atomic E-state index is 12.5. The van der Waals surface area contributed by atoms with Crippen LogP contribution in [0.2, 0.25) is 0 Å². The summed E-state index contributed by atoms with van der Waals surface area (Å²) in [7, 11) is -0.652. The molecular weight excluding hydrogens is 364 g/mol. The number of carbonyl (C=O) groups excluding carboxylic acids is 1. The number of benzene rings is 2. The van der Waals surface area contributed by atoms with E-state index in [0.29, 0.717) is 11.4 Å². The maximum absolute atomic E-state index is 12.5. The molecule has 2 aromatic rings. The van der Waals surface area contributed by atoms with Crippen molar-refractivity contribution in [3.63, 3.8) is 0 Å². The van der Waals surface area contributed by atoms with Crippen molar-refractivity contribution in [2.75, 3.05) is 19.4 Å².